The second kappa shape index (κ2) is 7.04. The van der Waals surface area contributed by atoms with E-state index in [0.717, 1.165) is 6.42 Å². The van der Waals surface area contributed by atoms with E-state index in [-0.39, 0.29) is 18.1 Å². The van der Waals surface area contributed by atoms with Crippen molar-refractivity contribution in [2.75, 3.05) is 18.5 Å². The lowest BCUT2D eigenvalue weighted by atomic mass is 9.95. The first-order chi connectivity index (χ1) is 9.04. The van der Waals surface area contributed by atoms with Crippen LogP contribution in [0.2, 0.25) is 0 Å². The van der Waals surface area contributed by atoms with Gasteiger partial charge < -0.3 is 15.7 Å². The van der Waals surface area contributed by atoms with Crippen molar-refractivity contribution >= 4 is 11.7 Å². The largest absolute Gasteiger partial charge is 0.396 e. The van der Waals surface area contributed by atoms with Gasteiger partial charge in [-0.15, -0.1) is 10.2 Å². The highest BCUT2D eigenvalue weighted by Gasteiger charge is 2.21. The fourth-order valence-electron chi connectivity index (χ4n) is 1.65. The lowest BCUT2D eigenvalue weighted by Gasteiger charge is -2.29. The third-order valence-electron chi connectivity index (χ3n) is 3.11. The summed E-state index contributed by atoms with van der Waals surface area (Å²) in [7, 11) is 0. The number of hydrogen-bond acceptors (Lipinski definition) is 5. The maximum Gasteiger partial charge on any atom is 0.271 e. The quantitative estimate of drug-likeness (QED) is 0.690. The second-order valence-electron chi connectivity index (χ2n) is 4.68. The molecule has 106 valence electrons. The van der Waals surface area contributed by atoms with Crippen molar-refractivity contribution in [1.82, 2.24) is 15.5 Å². The molecule has 0 saturated heterocycles. The zero-order valence-corrected chi connectivity index (χ0v) is 11.7. The van der Waals surface area contributed by atoms with Gasteiger partial charge in [-0.05, 0) is 38.8 Å². The van der Waals surface area contributed by atoms with Gasteiger partial charge in [-0.25, -0.2) is 0 Å². The summed E-state index contributed by atoms with van der Waals surface area (Å²) < 4.78 is 0. The summed E-state index contributed by atoms with van der Waals surface area (Å²) in [4.78, 5) is 11.5. The molecule has 0 bridgehead atoms. The first-order valence-electron chi connectivity index (χ1n) is 6.55. The summed E-state index contributed by atoms with van der Waals surface area (Å²) in [5.74, 6) is 0.376. The summed E-state index contributed by atoms with van der Waals surface area (Å²) in [5, 5.41) is 22.8. The maximum absolute atomic E-state index is 11.5. The number of amides is 1. The SMILES string of the molecule is CCNC(=O)c1ccc(NC(C)(CC)CCO)nn1. The third kappa shape index (κ3) is 4.48. The number of carbonyl (C=O) groups is 1. The number of rotatable bonds is 7. The molecule has 0 spiro atoms. The molecule has 1 amide bonds. The summed E-state index contributed by atoms with van der Waals surface area (Å²) in [5.41, 5.74) is 0.0733. The summed E-state index contributed by atoms with van der Waals surface area (Å²) in [6.45, 7) is 6.58. The molecular formula is C13H22N4O2. The molecule has 0 aromatic carbocycles. The average molecular weight is 266 g/mol. The first kappa shape index (κ1) is 15.4. The minimum absolute atomic E-state index is 0.113. The maximum atomic E-state index is 11.5. The number of aliphatic hydroxyl groups excluding tert-OH is 1. The molecule has 6 nitrogen and oxygen atoms in total. The Hall–Kier alpha value is -1.69. The van der Waals surface area contributed by atoms with Gasteiger partial charge in [0.05, 0.1) is 0 Å². The zero-order valence-electron chi connectivity index (χ0n) is 11.7. The van der Waals surface area contributed by atoms with E-state index in [9.17, 15) is 4.79 Å². The summed E-state index contributed by atoms with van der Waals surface area (Å²) >= 11 is 0. The highest BCUT2D eigenvalue weighted by atomic mass is 16.3. The van der Waals surface area contributed by atoms with Gasteiger partial charge in [0.25, 0.3) is 5.91 Å². The van der Waals surface area contributed by atoms with E-state index >= 15 is 0 Å². The van der Waals surface area contributed by atoms with Gasteiger partial charge in [0.1, 0.15) is 5.82 Å². The number of aromatic nitrogens is 2. The van der Waals surface area contributed by atoms with E-state index < -0.39 is 0 Å². The monoisotopic (exact) mass is 266 g/mol. The highest BCUT2D eigenvalue weighted by Crippen LogP contribution is 2.19. The number of hydrogen-bond donors (Lipinski definition) is 3. The fraction of sp³-hybridized carbons (Fsp3) is 0.615. The van der Waals surface area contributed by atoms with Crippen molar-refractivity contribution in [2.24, 2.45) is 0 Å². The number of nitrogens with one attached hydrogen (secondary N) is 2. The molecule has 6 heteroatoms. The minimum Gasteiger partial charge on any atom is -0.396 e. The zero-order chi connectivity index (χ0) is 14.3. The van der Waals surface area contributed by atoms with Gasteiger partial charge >= 0.3 is 0 Å². The van der Waals surface area contributed by atoms with Crippen molar-refractivity contribution in [3.8, 4) is 0 Å². The lowest BCUT2D eigenvalue weighted by molar-refractivity contribution is 0.0950. The Balaban J connectivity index is 2.73. The molecule has 0 radical (unpaired) electrons. The summed E-state index contributed by atoms with van der Waals surface area (Å²) in [6, 6.07) is 3.36. The average Bonchev–Trinajstić information content (AvgIpc) is 2.40. The Labute approximate surface area is 113 Å². The van der Waals surface area contributed by atoms with E-state index in [1.807, 2.05) is 20.8 Å². The van der Waals surface area contributed by atoms with Crippen molar-refractivity contribution in [1.29, 1.82) is 0 Å². The van der Waals surface area contributed by atoms with Gasteiger partial charge in [-0.1, -0.05) is 6.92 Å². The highest BCUT2D eigenvalue weighted by molar-refractivity contribution is 5.92. The van der Waals surface area contributed by atoms with Crippen LogP contribution in [0.3, 0.4) is 0 Å². The van der Waals surface area contributed by atoms with Crippen LogP contribution >= 0.6 is 0 Å². The van der Waals surface area contributed by atoms with Crippen LogP contribution in [0.15, 0.2) is 12.1 Å². The second-order valence-corrected chi connectivity index (χ2v) is 4.68. The van der Waals surface area contributed by atoms with Gasteiger partial charge in [-0.2, -0.15) is 0 Å². The van der Waals surface area contributed by atoms with Crippen LogP contribution in [0.4, 0.5) is 5.82 Å². The van der Waals surface area contributed by atoms with Crippen LogP contribution in [0.1, 0.15) is 44.1 Å². The Morgan fingerprint density at radius 2 is 2.11 bits per heavy atom. The van der Waals surface area contributed by atoms with Gasteiger partial charge in [0, 0.05) is 18.7 Å². The van der Waals surface area contributed by atoms with Crippen molar-refractivity contribution in [2.45, 2.75) is 39.2 Å². The Morgan fingerprint density at radius 3 is 2.58 bits per heavy atom. The van der Waals surface area contributed by atoms with E-state index in [1.165, 1.54) is 0 Å². The molecule has 0 saturated carbocycles. The molecule has 1 aromatic heterocycles. The number of carbonyl (C=O) groups excluding carboxylic acids is 1. The number of anilines is 1. The molecule has 0 fully saturated rings. The van der Waals surface area contributed by atoms with Crippen LogP contribution in [0.25, 0.3) is 0 Å². The van der Waals surface area contributed by atoms with Crippen LogP contribution in [0.5, 0.6) is 0 Å². The fourth-order valence-corrected chi connectivity index (χ4v) is 1.65. The molecule has 1 rings (SSSR count). The topological polar surface area (TPSA) is 87.1 Å². The molecule has 0 aliphatic heterocycles. The third-order valence-corrected chi connectivity index (χ3v) is 3.11. The molecule has 1 heterocycles. The van der Waals surface area contributed by atoms with Crippen LogP contribution in [-0.2, 0) is 0 Å². The van der Waals surface area contributed by atoms with Crippen molar-refractivity contribution < 1.29 is 9.90 Å². The van der Waals surface area contributed by atoms with Crippen LogP contribution in [-0.4, -0.2) is 39.9 Å². The molecule has 0 aliphatic carbocycles. The smallest absolute Gasteiger partial charge is 0.271 e. The Bertz CT molecular complexity index is 408. The molecule has 0 aliphatic rings. The number of aliphatic hydroxyl groups is 1. The number of nitrogens with zero attached hydrogens (tertiary/aromatic N) is 2. The van der Waals surface area contributed by atoms with Gasteiger partial charge in [0.15, 0.2) is 5.69 Å². The molecular weight excluding hydrogens is 244 g/mol. The molecule has 3 N–H and O–H groups in total. The van der Waals surface area contributed by atoms with E-state index in [0.29, 0.717) is 24.5 Å². The van der Waals surface area contributed by atoms with Gasteiger partial charge in [0.2, 0.25) is 0 Å². The van der Waals surface area contributed by atoms with Crippen molar-refractivity contribution in [3.63, 3.8) is 0 Å². The van der Waals surface area contributed by atoms with E-state index in [2.05, 4.69) is 20.8 Å². The molecule has 1 atom stereocenters. The molecule has 1 aromatic rings. The first-order valence-corrected chi connectivity index (χ1v) is 6.55. The minimum atomic E-state index is -0.227. The Kier molecular flexibility index (Phi) is 5.69. The summed E-state index contributed by atoms with van der Waals surface area (Å²) in [6.07, 6.45) is 1.48. The van der Waals surface area contributed by atoms with E-state index in [4.69, 9.17) is 5.11 Å². The predicted molar refractivity (Wildman–Crippen MR) is 74.1 cm³/mol. The van der Waals surface area contributed by atoms with Crippen molar-refractivity contribution in [3.05, 3.63) is 17.8 Å². The molecule has 19 heavy (non-hydrogen) atoms. The van der Waals surface area contributed by atoms with Gasteiger partial charge in [-0.3, -0.25) is 4.79 Å². The lowest BCUT2D eigenvalue weighted by Crippen LogP contribution is -2.35. The Morgan fingerprint density at radius 1 is 1.37 bits per heavy atom. The standard InChI is InChI=1S/C13H22N4O2/c1-4-13(3,8-9-18)15-11-7-6-10(16-17-11)12(19)14-5-2/h6-7,18H,4-5,8-9H2,1-3H3,(H,14,19)(H,15,17). The molecule has 1 unspecified atom stereocenters. The predicted octanol–water partition coefficient (Wildman–Crippen LogP) is 1.19. The van der Waals surface area contributed by atoms with E-state index in [1.54, 1.807) is 12.1 Å². The van der Waals surface area contributed by atoms with Crippen LogP contribution in [0, 0.1) is 0 Å². The normalized spacial score (nSPS) is 13.7. The van der Waals surface area contributed by atoms with Crippen LogP contribution < -0.4 is 10.6 Å².